The molecule has 0 spiro atoms. The highest BCUT2D eigenvalue weighted by Gasteiger charge is 2.20. The lowest BCUT2D eigenvalue weighted by molar-refractivity contribution is 0.242. The minimum absolute atomic E-state index is 0.632. The lowest BCUT2D eigenvalue weighted by atomic mass is 9.78. The van der Waals surface area contributed by atoms with Crippen molar-refractivity contribution in [3.8, 4) is 0 Å². The highest BCUT2D eigenvalue weighted by Crippen LogP contribution is 2.34. The first-order valence-corrected chi connectivity index (χ1v) is 9.07. The van der Waals surface area contributed by atoms with Crippen molar-refractivity contribution >= 4 is 11.8 Å². The smallest absolute Gasteiger partial charge is 0.00703 e. The zero-order valence-electron chi connectivity index (χ0n) is 12.7. The highest BCUT2D eigenvalue weighted by atomic mass is 32.2. The third-order valence-corrected chi connectivity index (χ3v) is 4.81. The van der Waals surface area contributed by atoms with E-state index in [-0.39, 0.29) is 0 Å². The van der Waals surface area contributed by atoms with Crippen molar-refractivity contribution in [3.05, 3.63) is 0 Å². The Labute approximate surface area is 114 Å². The van der Waals surface area contributed by atoms with Gasteiger partial charge in [-0.2, -0.15) is 11.8 Å². The lowest BCUT2D eigenvalue weighted by Crippen LogP contribution is -2.15. The van der Waals surface area contributed by atoms with Crippen LogP contribution >= 0.6 is 11.8 Å². The van der Waals surface area contributed by atoms with Crippen LogP contribution in [0.4, 0.5) is 0 Å². The molecule has 0 amide bonds. The van der Waals surface area contributed by atoms with Gasteiger partial charge in [0.15, 0.2) is 0 Å². The maximum absolute atomic E-state index is 2.51. The second-order valence-corrected chi connectivity index (χ2v) is 6.76. The first kappa shape index (κ1) is 17.4. The molecule has 1 atom stereocenters. The van der Waals surface area contributed by atoms with E-state index < -0.39 is 0 Å². The number of hydrogen-bond donors (Lipinski definition) is 0. The number of thioether (sulfide) groups is 1. The summed E-state index contributed by atoms with van der Waals surface area (Å²) >= 11 is 1.98. The summed E-state index contributed by atoms with van der Waals surface area (Å²) in [6.07, 6.45) is 16.4. The summed E-state index contributed by atoms with van der Waals surface area (Å²) in [4.78, 5) is 0. The van der Waals surface area contributed by atoms with Crippen LogP contribution in [0.15, 0.2) is 0 Å². The Hall–Kier alpha value is 0.350. The molecule has 0 bridgehead atoms. The molecule has 0 N–H and O–H groups in total. The maximum Gasteiger partial charge on any atom is -0.00703 e. The van der Waals surface area contributed by atoms with Gasteiger partial charge in [-0.05, 0) is 36.7 Å². The maximum atomic E-state index is 2.51. The summed E-state index contributed by atoms with van der Waals surface area (Å²) in [7, 11) is 0. The minimum Gasteiger partial charge on any atom is -0.165 e. The predicted molar refractivity (Wildman–Crippen MR) is 84.0 cm³/mol. The Morgan fingerprint density at radius 3 is 1.88 bits per heavy atom. The molecule has 17 heavy (non-hydrogen) atoms. The Bertz CT molecular complexity index is 156. The highest BCUT2D eigenvalue weighted by molar-refractivity contribution is 7.98. The van der Waals surface area contributed by atoms with Gasteiger partial charge in [0.2, 0.25) is 0 Å². The Kier molecular flexibility index (Phi) is 11.7. The van der Waals surface area contributed by atoms with Crippen LogP contribution in [0.25, 0.3) is 0 Å². The molecule has 104 valence electrons. The van der Waals surface area contributed by atoms with Crippen molar-refractivity contribution in [3.63, 3.8) is 0 Å². The molecule has 0 aromatic rings. The van der Waals surface area contributed by atoms with Crippen LogP contribution in [-0.2, 0) is 0 Å². The number of hydrogen-bond acceptors (Lipinski definition) is 1. The molecule has 0 aliphatic heterocycles. The second-order valence-electron chi connectivity index (χ2n) is 5.78. The van der Waals surface area contributed by atoms with Gasteiger partial charge < -0.3 is 0 Å². The lowest BCUT2D eigenvalue weighted by Gasteiger charge is -2.28. The molecule has 0 rings (SSSR count). The molecular weight excluding hydrogens is 224 g/mol. The van der Waals surface area contributed by atoms with Crippen LogP contribution in [0.3, 0.4) is 0 Å². The van der Waals surface area contributed by atoms with Gasteiger partial charge >= 0.3 is 0 Å². The average Bonchev–Trinajstić information content (AvgIpc) is 2.34. The molecule has 0 aromatic carbocycles. The van der Waals surface area contributed by atoms with Gasteiger partial charge in [-0.1, -0.05) is 65.7 Å². The second kappa shape index (κ2) is 11.4. The topological polar surface area (TPSA) is 0 Å². The summed E-state index contributed by atoms with van der Waals surface area (Å²) in [5, 5.41) is 0. The van der Waals surface area contributed by atoms with E-state index in [4.69, 9.17) is 0 Å². The van der Waals surface area contributed by atoms with Gasteiger partial charge in [0, 0.05) is 0 Å². The monoisotopic (exact) mass is 258 g/mol. The van der Waals surface area contributed by atoms with Crippen LogP contribution in [0.1, 0.15) is 85.0 Å². The standard InChI is InChI=1S/C16H34S/c1-5-7-8-10-13-16(3,6-2)14-11-9-12-15-17-4/h5-15H2,1-4H3. The molecular formula is C16H34S. The molecule has 1 heteroatoms. The fourth-order valence-corrected chi connectivity index (χ4v) is 2.92. The summed E-state index contributed by atoms with van der Waals surface area (Å²) in [6, 6.07) is 0. The van der Waals surface area contributed by atoms with E-state index in [0.29, 0.717) is 5.41 Å². The number of unbranched alkanes of at least 4 members (excludes halogenated alkanes) is 5. The van der Waals surface area contributed by atoms with Crippen molar-refractivity contribution in [2.24, 2.45) is 5.41 Å². The van der Waals surface area contributed by atoms with Crippen LogP contribution < -0.4 is 0 Å². The SMILES string of the molecule is CCCCCCC(C)(CC)CCCCCSC. The van der Waals surface area contributed by atoms with Crippen molar-refractivity contribution < 1.29 is 0 Å². The summed E-state index contributed by atoms with van der Waals surface area (Å²) < 4.78 is 0. The van der Waals surface area contributed by atoms with E-state index in [0.717, 1.165) is 0 Å². The van der Waals surface area contributed by atoms with Crippen LogP contribution in [-0.4, -0.2) is 12.0 Å². The van der Waals surface area contributed by atoms with E-state index in [1.165, 1.54) is 70.0 Å². The van der Waals surface area contributed by atoms with Crippen LogP contribution in [0.2, 0.25) is 0 Å². The fourth-order valence-electron chi connectivity index (χ4n) is 2.43. The van der Waals surface area contributed by atoms with Gasteiger partial charge in [-0.15, -0.1) is 0 Å². The largest absolute Gasteiger partial charge is 0.165 e. The van der Waals surface area contributed by atoms with Gasteiger partial charge in [-0.3, -0.25) is 0 Å². The zero-order valence-corrected chi connectivity index (χ0v) is 13.5. The van der Waals surface area contributed by atoms with Crippen molar-refractivity contribution in [2.75, 3.05) is 12.0 Å². The average molecular weight is 259 g/mol. The van der Waals surface area contributed by atoms with E-state index in [2.05, 4.69) is 27.0 Å². The molecule has 0 aromatic heterocycles. The molecule has 0 aliphatic carbocycles. The summed E-state index contributed by atoms with van der Waals surface area (Å²) in [5.74, 6) is 1.35. The fraction of sp³-hybridized carbons (Fsp3) is 1.00. The van der Waals surface area contributed by atoms with E-state index in [1.54, 1.807) is 0 Å². The third-order valence-electron chi connectivity index (χ3n) is 4.12. The van der Waals surface area contributed by atoms with Gasteiger partial charge in [0.1, 0.15) is 0 Å². The zero-order chi connectivity index (χ0) is 13.0. The Morgan fingerprint density at radius 2 is 1.41 bits per heavy atom. The van der Waals surface area contributed by atoms with Crippen molar-refractivity contribution in [1.82, 2.24) is 0 Å². The molecule has 1 unspecified atom stereocenters. The van der Waals surface area contributed by atoms with E-state index in [1.807, 2.05) is 11.8 Å². The first-order valence-electron chi connectivity index (χ1n) is 7.67. The normalized spacial score (nSPS) is 14.8. The molecule has 0 saturated heterocycles. The van der Waals surface area contributed by atoms with Crippen molar-refractivity contribution in [1.29, 1.82) is 0 Å². The summed E-state index contributed by atoms with van der Waals surface area (Å²) in [6.45, 7) is 7.18. The number of rotatable bonds is 12. The molecule has 0 radical (unpaired) electrons. The quantitative estimate of drug-likeness (QED) is 0.370. The summed E-state index contributed by atoms with van der Waals surface area (Å²) in [5.41, 5.74) is 0.632. The third kappa shape index (κ3) is 10.00. The molecule has 0 aliphatic rings. The van der Waals surface area contributed by atoms with Crippen molar-refractivity contribution in [2.45, 2.75) is 85.0 Å². The molecule has 0 fully saturated rings. The van der Waals surface area contributed by atoms with Crippen LogP contribution in [0.5, 0.6) is 0 Å². The van der Waals surface area contributed by atoms with Crippen LogP contribution in [0, 0.1) is 5.41 Å². The van der Waals surface area contributed by atoms with Gasteiger partial charge in [0.05, 0.1) is 0 Å². The van der Waals surface area contributed by atoms with E-state index in [9.17, 15) is 0 Å². The van der Waals surface area contributed by atoms with Gasteiger partial charge in [-0.25, -0.2) is 0 Å². The molecule has 0 heterocycles. The Morgan fingerprint density at radius 1 is 0.824 bits per heavy atom. The molecule has 0 saturated carbocycles. The van der Waals surface area contributed by atoms with Gasteiger partial charge in [0.25, 0.3) is 0 Å². The predicted octanol–water partition coefficient (Wildman–Crippen LogP) is 6.30. The minimum atomic E-state index is 0.632. The molecule has 0 nitrogen and oxygen atoms in total. The first-order chi connectivity index (χ1) is 8.18. The Balaban J connectivity index is 3.61. The van der Waals surface area contributed by atoms with E-state index >= 15 is 0 Å².